The van der Waals surface area contributed by atoms with Crippen LogP contribution in [0.2, 0.25) is 0 Å². The van der Waals surface area contributed by atoms with Gasteiger partial charge in [0.05, 0.1) is 13.2 Å². The molecular formula is C24H35N3O3. The molecule has 1 aromatic rings. The zero-order valence-corrected chi connectivity index (χ0v) is 18.3. The lowest BCUT2D eigenvalue weighted by Crippen LogP contribution is -2.49. The van der Waals surface area contributed by atoms with E-state index >= 15 is 0 Å². The molecule has 164 valence electrons. The van der Waals surface area contributed by atoms with Gasteiger partial charge in [-0.05, 0) is 51.8 Å². The van der Waals surface area contributed by atoms with Crippen LogP contribution >= 0.6 is 0 Å². The summed E-state index contributed by atoms with van der Waals surface area (Å²) in [5, 5.41) is 2.71. The normalized spacial score (nSPS) is 18.3. The highest BCUT2D eigenvalue weighted by Crippen LogP contribution is 2.27. The largest absolute Gasteiger partial charge is 0.493 e. The van der Waals surface area contributed by atoms with E-state index in [0.717, 1.165) is 43.3 Å². The maximum Gasteiger partial charge on any atom is 0.244 e. The minimum atomic E-state index is -0.273. The summed E-state index contributed by atoms with van der Waals surface area (Å²) in [5.41, 5.74) is 0.842. The Kier molecular flexibility index (Phi) is 8.31. The van der Waals surface area contributed by atoms with Crippen molar-refractivity contribution in [3.63, 3.8) is 0 Å². The number of carbonyl (C=O) groups is 2. The van der Waals surface area contributed by atoms with Gasteiger partial charge in [0, 0.05) is 36.8 Å². The van der Waals surface area contributed by atoms with E-state index in [1.54, 1.807) is 6.08 Å². The van der Waals surface area contributed by atoms with Crippen molar-refractivity contribution in [2.24, 2.45) is 0 Å². The van der Waals surface area contributed by atoms with Crippen molar-refractivity contribution in [2.45, 2.75) is 57.5 Å². The summed E-state index contributed by atoms with van der Waals surface area (Å²) in [4.78, 5) is 29.1. The van der Waals surface area contributed by atoms with E-state index in [4.69, 9.17) is 4.74 Å². The molecule has 0 aromatic heterocycles. The molecule has 1 saturated heterocycles. The van der Waals surface area contributed by atoms with Gasteiger partial charge in [-0.25, -0.2) is 0 Å². The molecule has 1 aliphatic heterocycles. The molecule has 6 heteroatoms. The number of rotatable bonds is 8. The zero-order chi connectivity index (χ0) is 21.3. The van der Waals surface area contributed by atoms with Crippen LogP contribution in [0.3, 0.4) is 0 Å². The fraction of sp³-hybridized carbons (Fsp3) is 0.583. The van der Waals surface area contributed by atoms with Crippen molar-refractivity contribution in [1.29, 1.82) is 0 Å². The molecule has 2 aliphatic rings. The molecule has 2 amide bonds. The molecule has 1 saturated carbocycles. The molecule has 0 bridgehead atoms. The van der Waals surface area contributed by atoms with E-state index in [-0.39, 0.29) is 18.4 Å². The molecular weight excluding hydrogens is 378 g/mol. The van der Waals surface area contributed by atoms with E-state index in [0.29, 0.717) is 12.6 Å². The van der Waals surface area contributed by atoms with Crippen LogP contribution < -0.4 is 10.1 Å². The van der Waals surface area contributed by atoms with Crippen LogP contribution in [-0.2, 0) is 9.59 Å². The number of hydrogen-bond donors (Lipinski definition) is 1. The Hall–Kier alpha value is -2.34. The molecule has 1 aliphatic carbocycles. The van der Waals surface area contributed by atoms with Gasteiger partial charge in [-0.15, -0.1) is 0 Å². The molecule has 0 unspecified atom stereocenters. The molecule has 30 heavy (non-hydrogen) atoms. The second kappa shape index (κ2) is 11.2. The van der Waals surface area contributed by atoms with Gasteiger partial charge < -0.3 is 19.9 Å². The fourth-order valence-electron chi connectivity index (χ4n) is 4.54. The first-order chi connectivity index (χ1) is 14.6. The molecule has 1 N–H and O–H groups in total. The summed E-state index contributed by atoms with van der Waals surface area (Å²) in [5.74, 6) is 0.463. The van der Waals surface area contributed by atoms with E-state index in [9.17, 15) is 9.59 Å². The van der Waals surface area contributed by atoms with Gasteiger partial charge in [0.1, 0.15) is 5.75 Å². The van der Waals surface area contributed by atoms with Gasteiger partial charge in [0.2, 0.25) is 11.8 Å². The fourth-order valence-corrected chi connectivity index (χ4v) is 4.54. The van der Waals surface area contributed by atoms with Gasteiger partial charge in [-0.3, -0.25) is 9.59 Å². The summed E-state index contributed by atoms with van der Waals surface area (Å²) < 4.78 is 5.56. The Morgan fingerprint density at radius 1 is 1.13 bits per heavy atom. The van der Waals surface area contributed by atoms with E-state index in [1.807, 2.05) is 36.1 Å². The number of amides is 2. The number of benzene rings is 1. The third-order valence-electron chi connectivity index (χ3n) is 6.34. The van der Waals surface area contributed by atoms with Crippen LogP contribution in [0.1, 0.15) is 51.0 Å². The van der Waals surface area contributed by atoms with Crippen LogP contribution in [0.15, 0.2) is 30.3 Å². The lowest BCUT2D eigenvalue weighted by Gasteiger charge is -2.39. The second-order valence-corrected chi connectivity index (χ2v) is 8.24. The Labute approximate surface area is 180 Å². The zero-order valence-electron chi connectivity index (χ0n) is 18.3. The monoisotopic (exact) mass is 413 g/mol. The number of ether oxygens (including phenoxy) is 1. The third kappa shape index (κ3) is 6.08. The SMILES string of the molecule is CCOc1ccccc1/C=C/C(=O)NCC(=O)N1CCC(N(C)C2CCCC2)CC1. The highest BCUT2D eigenvalue weighted by molar-refractivity contribution is 5.94. The number of likely N-dealkylation sites (tertiary alicyclic amines) is 1. The summed E-state index contributed by atoms with van der Waals surface area (Å²) in [6.45, 7) is 4.08. The highest BCUT2D eigenvalue weighted by Gasteiger charge is 2.29. The summed E-state index contributed by atoms with van der Waals surface area (Å²) in [6.07, 6.45) is 10.5. The number of nitrogens with one attached hydrogen (secondary N) is 1. The first-order valence-corrected chi connectivity index (χ1v) is 11.3. The van der Waals surface area contributed by atoms with Crippen LogP contribution in [0, 0.1) is 0 Å². The van der Waals surface area contributed by atoms with Gasteiger partial charge in [0.15, 0.2) is 0 Å². The summed E-state index contributed by atoms with van der Waals surface area (Å²) in [6, 6.07) is 8.86. The lowest BCUT2D eigenvalue weighted by molar-refractivity contribution is -0.133. The number of nitrogens with zero attached hydrogens (tertiary/aromatic N) is 2. The summed E-state index contributed by atoms with van der Waals surface area (Å²) in [7, 11) is 2.24. The molecule has 6 nitrogen and oxygen atoms in total. The van der Waals surface area contributed by atoms with Crippen LogP contribution in [0.5, 0.6) is 5.75 Å². The molecule has 0 atom stereocenters. The van der Waals surface area contributed by atoms with E-state index in [2.05, 4.69) is 17.3 Å². The molecule has 1 aromatic carbocycles. The maximum absolute atomic E-state index is 12.5. The molecule has 1 heterocycles. The quantitative estimate of drug-likeness (QED) is 0.666. The third-order valence-corrected chi connectivity index (χ3v) is 6.34. The number of piperidine rings is 1. The Morgan fingerprint density at radius 2 is 1.80 bits per heavy atom. The molecule has 0 spiro atoms. The Bertz CT molecular complexity index is 735. The van der Waals surface area contributed by atoms with Gasteiger partial charge in [0.25, 0.3) is 0 Å². The van der Waals surface area contributed by atoms with Gasteiger partial charge in [-0.1, -0.05) is 31.0 Å². The minimum absolute atomic E-state index is 0.00608. The van der Waals surface area contributed by atoms with E-state index < -0.39 is 0 Å². The van der Waals surface area contributed by atoms with Crippen molar-refractivity contribution in [3.8, 4) is 5.75 Å². The lowest BCUT2D eigenvalue weighted by atomic mass is 10.0. The minimum Gasteiger partial charge on any atom is -0.493 e. The highest BCUT2D eigenvalue weighted by atomic mass is 16.5. The van der Waals surface area contributed by atoms with Crippen LogP contribution in [0.4, 0.5) is 0 Å². The molecule has 3 rings (SSSR count). The van der Waals surface area contributed by atoms with Crippen molar-refractivity contribution in [2.75, 3.05) is 33.3 Å². The topological polar surface area (TPSA) is 61.9 Å². The van der Waals surface area contributed by atoms with Crippen molar-refractivity contribution in [3.05, 3.63) is 35.9 Å². The predicted octanol–water partition coefficient (Wildman–Crippen LogP) is 3.08. The average Bonchev–Trinajstić information content (AvgIpc) is 3.31. The predicted molar refractivity (Wildman–Crippen MR) is 119 cm³/mol. The smallest absolute Gasteiger partial charge is 0.244 e. The maximum atomic E-state index is 12.5. The van der Waals surface area contributed by atoms with E-state index in [1.165, 1.54) is 31.8 Å². The number of para-hydroxylation sites is 1. The van der Waals surface area contributed by atoms with Crippen molar-refractivity contribution < 1.29 is 14.3 Å². The van der Waals surface area contributed by atoms with Gasteiger partial charge >= 0.3 is 0 Å². The van der Waals surface area contributed by atoms with Gasteiger partial charge in [-0.2, -0.15) is 0 Å². The Balaban J connectivity index is 1.41. The molecule has 0 radical (unpaired) electrons. The Morgan fingerprint density at radius 3 is 2.50 bits per heavy atom. The first kappa shape index (κ1) is 22.3. The average molecular weight is 414 g/mol. The van der Waals surface area contributed by atoms with Crippen LogP contribution in [-0.4, -0.2) is 67.0 Å². The molecule has 2 fully saturated rings. The van der Waals surface area contributed by atoms with Crippen LogP contribution in [0.25, 0.3) is 6.08 Å². The summed E-state index contributed by atoms with van der Waals surface area (Å²) >= 11 is 0. The van der Waals surface area contributed by atoms with Crippen molar-refractivity contribution in [1.82, 2.24) is 15.1 Å². The number of carbonyl (C=O) groups excluding carboxylic acids is 2. The second-order valence-electron chi connectivity index (χ2n) is 8.24. The standard InChI is InChI=1S/C24H35N3O3/c1-3-30-22-11-7-4-8-19(22)12-13-23(28)25-18-24(29)27-16-14-21(15-17-27)26(2)20-9-5-6-10-20/h4,7-8,11-13,20-21H,3,5-6,9-10,14-18H2,1-2H3,(H,25,28)/b13-12+. The van der Waals surface area contributed by atoms with Crippen molar-refractivity contribution >= 4 is 17.9 Å². The first-order valence-electron chi connectivity index (χ1n) is 11.3. The number of hydrogen-bond acceptors (Lipinski definition) is 4.